The molecule has 98 valence electrons. The van der Waals surface area contributed by atoms with Gasteiger partial charge in [0.15, 0.2) is 0 Å². The topological polar surface area (TPSA) is 55.1 Å². The number of hydrogen-bond acceptors (Lipinski definition) is 2. The Balaban J connectivity index is 2.27. The molecule has 0 aliphatic heterocycles. The van der Waals surface area contributed by atoms with Gasteiger partial charge >= 0.3 is 0 Å². The first-order chi connectivity index (χ1) is 8.97. The average molecular weight is 431 g/mol. The number of hydrogen-bond donors (Lipinski definition) is 2. The lowest BCUT2D eigenvalue weighted by atomic mass is 10.1. The van der Waals surface area contributed by atoms with Gasteiger partial charge in [0.1, 0.15) is 0 Å². The van der Waals surface area contributed by atoms with E-state index in [1.807, 2.05) is 31.2 Å². The van der Waals surface area contributed by atoms with Crippen molar-refractivity contribution < 1.29 is 4.79 Å². The zero-order valence-electron chi connectivity index (χ0n) is 10.2. The zero-order chi connectivity index (χ0) is 14.0. The first-order valence-electron chi connectivity index (χ1n) is 5.60. The molecule has 3 nitrogen and oxygen atoms in total. The Hall–Kier alpha value is -1.08. The van der Waals surface area contributed by atoms with Crippen LogP contribution in [0.15, 0.2) is 40.9 Å². The third-order valence-electron chi connectivity index (χ3n) is 2.76. The predicted octanol–water partition coefficient (Wildman–Crippen LogP) is 4.20. The van der Waals surface area contributed by atoms with E-state index in [4.69, 9.17) is 5.73 Å². The van der Waals surface area contributed by atoms with Gasteiger partial charge in [-0.05, 0) is 71.5 Å². The summed E-state index contributed by atoms with van der Waals surface area (Å²) in [5, 5.41) is 2.86. The maximum absolute atomic E-state index is 12.2. The smallest absolute Gasteiger partial charge is 0.256 e. The Bertz CT molecular complexity index is 626. The maximum atomic E-state index is 12.2. The summed E-state index contributed by atoms with van der Waals surface area (Å²) >= 11 is 5.57. The molecule has 0 aromatic heterocycles. The molecule has 2 rings (SSSR count). The lowest BCUT2D eigenvalue weighted by Crippen LogP contribution is -2.14. The average Bonchev–Trinajstić information content (AvgIpc) is 2.36. The van der Waals surface area contributed by atoms with E-state index in [0.29, 0.717) is 11.3 Å². The minimum atomic E-state index is -0.160. The Morgan fingerprint density at radius 1 is 1.26 bits per heavy atom. The molecule has 2 aromatic rings. The van der Waals surface area contributed by atoms with Crippen LogP contribution in [0.2, 0.25) is 0 Å². The summed E-state index contributed by atoms with van der Waals surface area (Å²) in [5.41, 5.74) is 8.59. The molecular weight excluding hydrogens is 419 g/mol. The van der Waals surface area contributed by atoms with E-state index in [9.17, 15) is 4.79 Å². The molecule has 1 amide bonds. The summed E-state index contributed by atoms with van der Waals surface area (Å²) in [6.07, 6.45) is 0. The number of carbonyl (C=O) groups is 1. The van der Waals surface area contributed by atoms with Crippen LogP contribution in [0.4, 0.5) is 11.4 Å². The second-order valence-corrected chi connectivity index (χ2v) is 6.29. The fourth-order valence-corrected chi connectivity index (χ4v) is 2.50. The van der Waals surface area contributed by atoms with Crippen molar-refractivity contribution in [3.05, 3.63) is 55.6 Å². The van der Waals surface area contributed by atoms with Gasteiger partial charge in [-0.1, -0.05) is 15.9 Å². The molecule has 19 heavy (non-hydrogen) atoms. The van der Waals surface area contributed by atoms with Gasteiger partial charge in [-0.3, -0.25) is 4.79 Å². The molecule has 0 saturated heterocycles. The van der Waals surface area contributed by atoms with Crippen molar-refractivity contribution in [1.29, 1.82) is 0 Å². The van der Waals surface area contributed by atoms with Gasteiger partial charge < -0.3 is 11.1 Å². The highest BCUT2D eigenvalue weighted by atomic mass is 127. The molecule has 0 unspecified atom stereocenters. The summed E-state index contributed by atoms with van der Waals surface area (Å²) < 4.78 is 1.92. The number of amides is 1. The molecule has 0 aliphatic rings. The Kier molecular flexibility index (Phi) is 4.46. The Labute approximate surface area is 133 Å². The van der Waals surface area contributed by atoms with Crippen molar-refractivity contribution >= 4 is 55.8 Å². The van der Waals surface area contributed by atoms with Gasteiger partial charge in [0, 0.05) is 25.0 Å². The fourth-order valence-electron chi connectivity index (χ4n) is 1.67. The molecule has 0 saturated carbocycles. The van der Waals surface area contributed by atoms with Gasteiger partial charge in [-0.25, -0.2) is 0 Å². The van der Waals surface area contributed by atoms with Crippen LogP contribution in [-0.4, -0.2) is 5.91 Å². The normalized spacial score (nSPS) is 10.3. The van der Waals surface area contributed by atoms with Crippen molar-refractivity contribution in [1.82, 2.24) is 0 Å². The Morgan fingerprint density at radius 2 is 1.89 bits per heavy atom. The summed E-state index contributed by atoms with van der Waals surface area (Å²) in [6.45, 7) is 1.84. The van der Waals surface area contributed by atoms with Crippen molar-refractivity contribution in [3.8, 4) is 0 Å². The minimum absolute atomic E-state index is 0.160. The third kappa shape index (κ3) is 3.48. The SMILES string of the molecule is Cc1c(N)cc(Br)cc1C(=O)Nc1ccc(I)cc1. The summed E-state index contributed by atoms with van der Waals surface area (Å²) in [6, 6.07) is 11.2. The second-order valence-electron chi connectivity index (χ2n) is 4.13. The predicted molar refractivity (Wildman–Crippen MR) is 90.4 cm³/mol. The van der Waals surface area contributed by atoms with Crippen LogP contribution in [0.3, 0.4) is 0 Å². The molecular formula is C14H12BrIN2O. The molecule has 0 heterocycles. The minimum Gasteiger partial charge on any atom is -0.398 e. The highest BCUT2D eigenvalue weighted by Gasteiger charge is 2.12. The standard InChI is InChI=1S/C14H12BrIN2O/c1-8-12(6-9(15)7-13(8)17)14(19)18-11-4-2-10(16)3-5-11/h2-7H,17H2,1H3,(H,18,19). The number of nitrogen functional groups attached to an aromatic ring is 1. The Morgan fingerprint density at radius 3 is 2.53 bits per heavy atom. The van der Waals surface area contributed by atoms with Crippen LogP contribution in [0.25, 0.3) is 0 Å². The first-order valence-corrected chi connectivity index (χ1v) is 7.47. The van der Waals surface area contributed by atoms with Crippen molar-refractivity contribution in [2.75, 3.05) is 11.1 Å². The summed E-state index contributed by atoms with van der Waals surface area (Å²) in [4.78, 5) is 12.2. The van der Waals surface area contributed by atoms with E-state index in [1.54, 1.807) is 12.1 Å². The van der Waals surface area contributed by atoms with Crippen LogP contribution >= 0.6 is 38.5 Å². The van der Waals surface area contributed by atoms with E-state index in [0.717, 1.165) is 19.3 Å². The summed E-state index contributed by atoms with van der Waals surface area (Å²) in [7, 11) is 0. The molecule has 0 aliphatic carbocycles. The first kappa shape index (κ1) is 14.3. The fraction of sp³-hybridized carbons (Fsp3) is 0.0714. The zero-order valence-corrected chi connectivity index (χ0v) is 13.9. The number of anilines is 2. The number of rotatable bonds is 2. The van der Waals surface area contributed by atoms with Gasteiger partial charge in [0.25, 0.3) is 5.91 Å². The van der Waals surface area contributed by atoms with Crippen LogP contribution in [0.5, 0.6) is 0 Å². The molecule has 0 radical (unpaired) electrons. The molecule has 0 fully saturated rings. The van der Waals surface area contributed by atoms with Gasteiger partial charge in [0.05, 0.1) is 0 Å². The van der Waals surface area contributed by atoms with Crippen LogP contribution < -0.4 is 11.1 Å². The van der Waals surface area contributed by atoms with E-state index < -0.39 is 0 Å². The maximum Gasteiger partial charge on any atom is 0.256 e. The number of benzene rings is 2. The van der Waals surface area contributed by atoms with Crippen LogP contribution in [-0.2, 0) is 0 Å². The monoisotopic (exact) mass is 430 g/mol. The molecule has 0 spiro atoms. The number of nitrogens with one attached hydrogen (secondary N) is 1. The third-order valence-corrected chi connectivity index (χ3v) is 3.94. The van der Waals surface area contributed by atoms with Crippen molar-refractivity contribution in [2.45, 2.75) is 6.92 Å². The van der Waals surface area contributed by atoms with Crippen molar-refractivity contribution in [2.24, 2.45) is 0 Å². The van der Waals surface area contributed by atoms with Crippen LogP contribution in [0, 0.1) is 10.5 Å². The van der Waals surface area contributed by atoms with Gasteiger partial charge in [-0.2, -0.15) is 0 Å². The quantitative estimate of drug-likeness (QED) is 0.554. The molecule has 3 N–H and O–H groups in total. The number of halogens is 2. The van der Waals surface area contributed by atoms with Gasteiger partial charge in [0.2, 0.25) is 0 Å². The number of carbonyl (C=O) groups excluding carboxylic acids is 1. The van der Waals surface area contributed by atoms with E-state index in [-0.39, 0.29) is 5.91 Å². The number of nitrogens with two attached hydrogens (primary N) is 1. The molecule has 2 aromatic carbocycles. The molecule has 0 bridgehead atoms. The van der Waals surface area contributed by atoms with Crippen molar-refractivity contribution in [3.63, 3.8) is 0 Å². The highest BCUT2D eigenvalue weighted by molar-refractivity contribution is 14.1. The summed E-state index contributed by atoms with van der Waals surface area (Å²) in [5.74, 6) is -0.160. The molecule has 5 heteroatoms. The highest BCUT2D eigenvalue weighted by Crippen LogP contribution is 2.23. The second kappa shape index (κ2) is 5.92. The largest absolute Gasteiger partial charge is 0.398 e. The van der Waals surface area contributed by atoms with Gasteiger partial charge in [-0.15, -0.1) is 0 Å². The lowest BCUT2D eigenvalue weighted by molar-refractivity contribution is 0.102. The molecule has 0 atom stereocenters. The van der Waals surface area contributed by atoms with E-state index >= 15 is 0 Å². The van der Waals surface area contributed by atoms with E-state index in [2.05, 4.69) is 43.8 Å². The van der Waals surface area contributed by atoms with Crippen LogP contribution in [0.1, 0.15) is 15.9 Å². The lowest BCUT2D eigenvalue weighted by Gasteiger charge is -2.10. The van der Waals surface area contributed by atoms with E-state index in [1.165, 1.54) is 0 Å².